The molecule has 0 fully saturated rings. The maximum atomic E-state index is 12.8. The first kappa shape index (κ1) is 18.6. The predicted molar refractivity (Wildman–Crippen MR) is 104 cm³/mol. The molecule has 7 heteroatoms. The van der Waals surface area contributed by atoms with Gasteiger partial charge >= 0.3 is 6.03 Å². The van der Waals surface area contributed by atoms with Gasteiger partial charge in [0.05, 0.1) is 14.2 Å². The van der Waals surface area contributed by atoms with Gasteiger partial charge in [0, 0.05) is 48.5 Å². The van der Waals surface area contributed by atoms with E-state index in [-0.39, 0.29) is 12.1 Å². The maximum absolute atomic E-state index is 12.8. The molecule has 0 aliphatic carbocycles. The number of fused-ring (bicyclic) bond motifs is 1. The Kier molecular flexibility index (Phi) is 6.08. The van der Waals surface area contributed by atoms with E-state index in [1.807, 2.05) is 29.2 Å². The van der Waals surface area contributed by atoms with Crippen LogP contribution in [0.3, 0.4) is 0 Å². The normalized spacial score (nSPS) is 16.1. The second-order valence-electron chi connectivity index (χ2n) is 6.10. The van der Waals surface area contributed by atoms with Gasteiger partial charge in [-0.1, -0.05) is 15.9 Å². The van der Waals surface area contributed by atoms with E-state index in [4.69, 9.17) is 9.47 Å². The third-order valence-electron chi connectivity index (χ3n) is 4.62. The number of carbonyl (C=O) groups excluding carboxylic acids is 1. The highest BCUT2D eigenvalue weighted by Crippen LogP contribution is 2.38. The van der Waals surface area contributed by atoms with Crippen LogP contribution in [0.2, 0.25) is 0 Å². The number of benzene rings is 1. The van der Waals surface area contributed by atoms with Gasteiger partial charge < -0.3 is 24.3 Å². The molecule has 2 aromatic rings. The molecule has 6 nitrogen and oxygen atoms in total. The van der Waals surface area contributed by atoms with Crippen molar-refractivity contribution in [1.82, 2.24) is 14.8 Å². The van der Waals surface area contributed by atoms with E-state index in [0.29, 0.717) is 18.8 Å². The number of urea groups is 1. The Morgan fingerprint density at radius 3 is 2.85 bits per heavy atom. The topological polar surface area (TPSA) is 55.7 Å². The molecular weight excluding hydrogens is 398 g/mol. The van der Waals surface area contributed by atoms with Crippen molar-refractivity contribution in [3.63, 3.8) is 0 Å². The number of carbonyl (C=O) groups is 1. The number of nitrogens with zero attached hydrogens (tertiary/aromatic N) is 2. The zero-order valence-electron chi connectivity index (χ0n) is 15.1. The Bertz CT molecular complexity index is 762. The monoisotopic (exact) mass is 421 g/mol. The van der Waals surface area contributed by atoms with Crippen LogP contribution in [-0.2, 0) is 6.54 Å². The molecule has 1 aromatic carbocycles. The molecule has 0 bridgehead atoms. The van der Waals surface area contributed by atoms with E-state index in [2.05, 4.69) is 38.1 Å². The zero-order chi connectivity index (χ0) is 18.5. The molecule has 140 valence electrons. The molecular formula is C19H24BrN3O3. The van der Waals surface area contributed by atoms with E-state index in [0.717, 1.165) is 35.3 Å². The number of hydrogen-bond acceptors (Lipinski definition) is 3. The number of ether oxygens (including phenoxy) is 2. The molecule has 26 heavy (non-hydrogen) atoms. The molecule has 0 radical (unpaired) electrons. The summed E-state index contributed by atoms with van der Waals surface area (Å²) in [5.41, 5.74) is 2.03. The van der Waals surface area contributed by atoms with Crippen LogP contribution in [-0.4, -0.2) is 48.1 Å². The molecule has 1 aliphatic rings. The van der Waals surface area contributed by atoms with Gasteiger partial charge in [-0.15, -0.1) is 0 Å². The molecule has 1 atom stereocenters. The number of aromatic nitrogens is 1. The second-order valence-corrected chi connectivity index (χ2v) is 6.90. The van der Waals surface area contributed by atoms with Gasteiger partial charge in [0.15, 0.2) is 0 Å². The van der Waals surface area contributed by atoms with Crippen molar-refractivity contribution >= 4 is 22.0 Å². The van der Waals surface area contributed by atoms with Gasteiger partial charge in [-0.05, 0) is 30.7 Å². The molecule has 1 aromatic heterocycles. The first-order chi connectivity index (χ1) is 12.7. The van der Waals surface area contributed by atoms with E-state index in [9.17, 15) is 4.79 Å². The maximum Gasteiger partial charge on any atom is 0.318 e. The third-order valence-corrected chi connectivity index (χ3v) is 5.18. The zero-order valence-corrected chi connectivity index (χ0v) is 16.7. The first-order valence-corrected chi connectivity index (χ1v) is 9.79. The number of alkyl halides is 1. The van der Waals surface area contributed by atoms with E-state index >= 15 is 0 Å². The van der Waals surface area contributed by atoms with Crippen molar-refractivity contribution in [3.8, 4) is 11.5 Å². The number of hydrogen-bond donors (Lipinski definition) is 1. The van der Waals surface area contributed by atoms with E-state index in [1.165, 1.54) is 0 Å². The smallest absolute Gasteiger partial charge is 0.318 e. The molecule has 0 saturated carbocycles. The van der Waals surface area contributed by atoms with E-state index < -0.39 is 0 Å². The fourth-order valence-corrected chi connectivity index (χ4v) is 3.62. The quantitative estimate of drug-likeness (QED) is 0.574. The summed E-state index contributed by atoms with van der Waals surface area (Å²) in [6, 6.07) is 9.56. The van der Waals surface area contributed by atoms with Crippen LogP contribution in [0.1, 0.15) is 23.7 Å². The second kappa shape index (κ2) is 8.49. The molecule has 3 rings (SSSR count). The molecule has 0 spiro atoms. The van der Waals surface area contributed by atoms with Gasteiger partial charge in [0.2, 0.25) is 0 Å². The van der Waals surface area contributed by atoms with Gasteiger partial charge in [-0.3, -0.25) is 0 Å². The van der Waals surface area contributed by atoms with Crippen molar-refractivity contribution in [1.29, 1.82) is 0 Å². The van der Waals surface area contributed by atoms with Crippen molar-refractivity contribution in [2.75, 3.05) is 32.6 Å². The lowest BCUT2D eigenvalue weighted by atomic mass is 9.99. The Balaban J connectivity index is 1.98. The number of amides is 2. The summed E-state index contributed by atoms with van der Waals surface area (Å²) in [4.78, 5) is 14.7. The Hall–Kier alpha value is -2.15. The third kappa shape index (κ3) is 3.67. The average Bonchev–Trinajstić information content (AvgIpc) is 3.15. The van der Waals surface area contributed by atoms with Crippen LogP contribution in [0.4, 0.5) is 4.79 Å². The van der Waals surface area contributed by atoms with Crippen LogP contribution >= 0.6 is 15.9 Å². The number of rotatable bonds is 6. The fourth-order valence-electron chi connectivity index (χ4n) is 3.34. The number of nitrogens with one attached hydrogen (secondary N) is 1. The first-order valence-electron chi connectivity index (χ1n) is 8.67. The van der Waals surface area contributed by atoms with Crippen LogP contribution in [0.15, 0.2) is 36.5 Å². The van der Waals surface area contributed by atoms with Gasteiger partial charge in [-0.2, -0.15) is 0 Å². The van der Waals surface area contributed by atoms with Crippen LogP contribution in [0.25, 0.3) is 0 Å². The van der Waals surface area contributed by atoms with Crippen LogP contribution in [0, 0.1) is 0 Å². The summed E-state index contributed by atoms with van der Waals surface area (Å²) in [6.45, 7) is 2.07. The minimum atomic E-state index is -0.205. The lowest BCUT2D eigenvalue weighted by Crippen LogP contribution is -2.47. The highest BCUT2D eigenvalue weighted by Gasteiger charge is 2.34. The number of halogens is 1. The van der Waals surface area contributed by atoms with E-state index in [1.54, 1.807) is 14.2 Å². The standard InChI is InChI=1S/C19H24BrN3O3/c1-25-14-6-7-15(17(13-14)26-2)18-16-5-3-10-22(16)11-12-23(18)19(24)21-9-4-8-20/h3,5-7,10,13,18H,4,8-9,11-12H2,1-2H3,(H,21,24). The summed E-state index contributed by atoms with van der Waals surface area (Å²) >= 11 is 3.40. The Labute approximate surface area is 162 Å². The largest absolute Gasteiger partial charge is 0.497 e. The van der Waals surface area contributed by atoms with Gasteiger partial charge in [-0.25, -0.2) is 4.79 Å². The van der Waals surface area contributed by atoms with Gasteiger partial charge in [0.1, 0.15) is 17.5 Å². The molecule has 1 N–H and O–H groups in total. The summed E-state index contributed by atoms with van der Waals surface area (Å²) in [5.74, 6) is 1.44. The number of methoxy groups -OCH3 is 2. The molecule has 1 aliphatic heterocycles. The Morgan fingerprint density at radius 2 is 2.12 bits per heavy atom. The highest BCUT2D eigenvalue weighted by molar-refractivity contribution is 9.09. The van der Waals surface area contributed by atoms with Crippen molar-refractivity contribution in [3.05, 3.63) is 47.8 Å². The van der Waals surface area contributed by atoms with Crippen molar-refractivity contribution in [2.24, 2.45) is 0 Å². The molecule has 0 saturated heterocycles. The highest BCUT2D eigenvalue weighted by atomic mass is 79.9. The molecule has 1 unspecified atom stereocenters. The predicted octanol–water partition coefficient (Wildman–Crippen LogP) is 3.40. The summed E-state index contributed by atoms with van der Waals surface area (Å²) in [6.07, 6.45) is 2.95. The average molecular weight is 422 g/mol. The SMILES string of the molecule is COc1ccc(C2c3cccn3CCN2C(=O)NCCCBr)c(OC)c1. The Morgan fingerprint density at radius 1 is 1.27 bits per heavy atom. The molecule has 2 amide bonds. The summed E-state index contributed by atoms with van der Waals surface area (Å²) in [7, 11) is 3.27. The van der Waals surface area contributed by atoms with Gasteiger partial charge in [0.25, 0.3) is 0 Å². The minimum absolute atomic E-state index is 0.0544. The minimum Gasteiger partial charge on any atom is -0.497 e. The fraction of sp³-hybridized carbons (Fsp3) is 0.421. The van der Waals surface area contributed by atoms with Crippen LogP contribution < -0.4 is 14.8 Å². The summed E-state index contributed by atoms with van der Waals surface area (Å²) < 4.78 is 13.1. The summed E-state index contributed by atoms with van der Waals surface area (Å²) in [5, 5.41) is 3.89. The lowest BCUT2D eigenvalue weighted by molar-refractivity contribution is 0.167. The van der Waals surface area contributed by atoms with Crippen LogP contribution in [0.5, 0.6) is 11.5 Å². The molecule has 2 heterocycles. The van der Waals surface area contributed by atoms with Crippen molar-refractivity contribution < 1.29 is 14.3 Å². The van der Waals surface area contributed by atoms with Crippen molar-refractivity contribution in [2.45, 2.75) is 19.0 Å². The lowest BCUT2D eigenvalue weighted by Gasteiger charge is -2.37.